The number of aromatic nitrogens is 5. The van der Waals surface area contributed by atoms with Crippen molar-refractivity contribution in [3.63, 3.8) is 0 Å². The molecule has 27 heavy (non-hydrogen) atoms. The Morgan fingerprint density at radius 1 is 1.30 bits per heavy atom. The molecule has 0 radical (unpaired) electrons. The highest BCUT2D eigenvalue weighted by Crippen LogP contribution is 2.28. The zero-order chi connectivity index (χ0) is 18.8. The van der Waals surface area contributed by atoms with E-state index in [2.05, 4.69) is 25.3 Å². The molecule has 9 heteroatoms. The Labute approximate surface area is 162 Å². The molecular weight excluding hydrogens is 362 g/mol. The third kappa shape index (κ3) is 3.79. The van der Waals surface area contributed by atoms with E-state index in [0.29, 0.717) is 24.4 Å². The quantitative estimate of drug-likeness (QED) is 0.698. The highest BCUT2D eigenvalue weighted by molar-refractivity contribution is 7.13. The number of nitrogens with one attached hydrogen (secondary N) is 1. The molecule has 1 saturated heterocycles. The van der Waals surface area contributed by atoms with Gasteiger partial charge in [0.15, 0.2) is 5.13 Å². The van der Waals surface area contributed by atoms with Crippen molar-refractivity contribution in [2.45, 2.75) is 32.7 Å². The van der Waals surface area contributed by atoms with Crippen molar-refractivity contribution >= 4 is 28.1 Å². The van der Waals surface area contributed by atoms with E-state index in [1.807, 2.05) is 31.4 Å². The summed E-state index contributed by atoms with van der Waals surface area (Å²) in [5.74, 6) is 2.15. The maximum absolute atomic E-state index is 5.40. The summed E-state index contributed by atoms with van der Waals surface area (Å²) in [5, 5.41) is 10.6. The van der Waals surface area contributed by atoms with E-state index in [4.69, 9.17) is 9.72 Å². The summed E-state index contributed by atoms with van der Waals surface area (Å²) in [6.07, 6.45) is 4.00. The SMILES string of the molecule is COC[C@H]1CCCN1c1cc(Nc2nccs2)nc(-n2nc(C)cc2C)n1. The molecule has 4 rings (SSSR count). The van der Waals surface area contributed by atoms with E-state index in [1.165, 1.54) is 11.3 Å². The number of nitrogens with zero attached hydrogens (tertiary/aromatic N) is 6. The molecule has 0 saturated carbocycles. The Kier molecular flexibility index (Phi) is 5.04. The van der Waals surface area contributed by atoms with Gasteiger partial charge in [-0.3, -0.25) is 0 Å². The average Bonchev–Trinajstić information content (AvgIpc) is 3.37. The highest BCUT2D eigenvalue weighted by atomic mass is 32.1. The average molecular weight is 385 g/mol. The smallest absolute Gasteiger partial charge is 0.254 e. The second kappa shape index (κ2) is 7.61. The molecule has 0 unspecified atom stereocenters. The van der Waals surface area contributed by atoms with Gasteiger partial charge in [0.05, 0.1) is 18.3 Å². The molecule has 1 aliphatic heterocycles. The first kappa shape index (κ1) is 17.9. The summed E-state index contributed by atoms with van der Waals surface area (Å²) in [6, 6.07) is 4.32. The number of hydrogen-bond donors (Lipinski definition) is 1. The second-order valence-corrected chi connectivity index (χ2v) is 7.55. The Balaban J connectivity index is 1.75. The fraction of sp³-hybridized carbons (Fsp3) is 0.444. The first-order valence-electron chi connectivity index (χ1n) is 8.99. The van der Waals surface area contributed by atoms with E-state index in [0.717, 1.165) is 41.7 Å². The number of anilines is 3. The first-order chi connectivity index (χ1) is 13.1. The molecule has 1 N–H and O–H groups in total. The van der Waals surface area contributed by atoms with Crippen LogP contribution in [0.3, 0.4) is 0 Å². The lowest BCUT2D eigenvalue weighted by molar-refractivity contribution is 0.180. The predicted molar refractivity (Wildman–Crippen MR) is 106 cm³/mol. The largest absolute Gasteiger partial charge is 0.383 e. The van der Waals surface area contributed by atoms with Crippen molar-refractivity contribution in [3.8, 4) is 5.95 Å². The lowest BCUT2D eigenvalue weighted by Gasteiger charge is -2.25. The monoisotopic (exact) mass is 385 g/mol. The van der Waals surface area contributed by atoms with E-state index in [1.54, 1.807) is 18.0 Å². The number of methoxy groups -OCH3 is 1. The van der Waals surface area contributed by atoms with Crippen LogP contribution in [0.1, 0.15) is 24.2 Å². The first-order valence-corrected chi connectivity index (χ1v) is 9.87. The molecule has 3 aromatic rings. The van der Waals surface area contributed by atoms with Crippen molar-refractivity contribution in [2.24, 2.45) is 0 Å². The van der Waals surface area contributed by atoms with Crippen LogP contribution in [0.2, 0.25) is 0 Å². The fourth-order valence-corrected chi connectivity index (χ4v) is 3.99. The topological polar surface area (TPSA) is 81.0 Å². The van der Waals surface area contributed by atoms with Gasteiger partial charge in [-0.2, -0.15) is 15.1 Å². The minimum absolute atomic E-state index is 0.325. The van der Waals surface area contributed by atoms with Gasteiger partial charge in [0.25, 0.3) is 5.95 Å². The standard InChI is InChI=1S/C18H23N7OS/c1-12-9-13(2)25(23-12)17-20-15(21-18-19-6-8-27-18)10-16(22-17)24-7-4-5-14(24)11-26-3/h6,8-10,14H,4-5,7,11H2,1-3H3,(H,19,20,21,22)/t14-/m1/s1. The van der Waals surface area contributed by atoms with Crippen molar-refractivity contribution < 1.29 is 4.74 Å². The molecule has 1 aliphatic rings. The van der Waals surface area contributed by atoms with Crippen LogP contribution in [-0.4, -0.2) is 51.0 Å². The summed E-state index contributed by atoms with van der Waals surface area (Å²) in [5.41, 5.74) is 1.94. The Morgan fingerprint density at radius 3 is 2.89 bits per heavy atom. The lowest BCUT2D eigenvalue weighted by Crippen LogP contribution is -2.33. The summed E-state index contributed by atoms with van der Waals surface area (Å²) < 4.78 is 7.19. The molecule has 1 atom stereocenters. The van der Waals surface area contributed by atoms with Gasteiger partial charge in [0, 0.05) is 37.0 Å². The number of aryl methyl sites for hydroxylation is 2. The van der Waals surface area contributed by atoms with Crippen LogP contribution in [-0.2, 0) is 4.74 Å². The molecule has 0 spiro atoms. The molecule has 0 aromatic carbocycles. The van der Waals surface area contributed by atoms with Crippen LogP contribution in [0.15, 0.2) is 23.7 Å². The van der Waals surface area contributed by atoms with Crippen LogP contribution in [0.25, 0.3) is 5.95 Å². The molecule has 0 bridgehead atoms. The summed E-state index contributed by atoms with van der Waals surface area (Å²) in [6.45, 7) is 5.62. The Hall–Kier alpha value is -2.52. The molecule has 4 heterocycles. The van der Waals surface area contributed by atoms with Crippen molar-refractivity contribution in [1.82, 2.24) is 24.7 Å². The Bertz CT molecular complexity index is 909. The molecule has 0 aliphatic carbocycles. The van der Waals surface area contributed by atoms with Gasteiger partial charge in [-0.25, -0.2) is 9.67 Å². The van der Waals surface area contributed by atoms with Crippen LogP contribution in [0, 0.1) is 13.8 Å². The van der Waals surface area contributed by atoms with Crippen LogP contribution in [0.4, 0.5) is 16.8 Å². The summed E-state index contributed by atoms with van der Waals surface area (Å²) >= 11 is 1.53. The van der Waals surface area contributed by atoms with E-state index in [9.17, 15) is 0 Å². The molecule has 0 amide bonds. The van der Waals surface area contributed by atoms with E-state index < -0.39 is 0 Å². The van der Waals surface area contributed by atoms with Gasteiger partial charge < -0.3 is 15.0 Å². The van der Waals surface area contributed by atoms with Crippen LogP contribution < -0.4 is 10.2 Å². The molecule has 8 nitrogen and oxygen atoms in total. The number of rotatable bonds is 6. The normalized spacial score (nSPS) is 16.9. The maximum Gasteiger partial charge on any atom is 0.254 e. The third-order valence-corrected chi connectivity index (χ3v) is 5.29. The predicted octanol–water partition coefficient (Wildman–Crippen LogP) is 3.09. The Morgan fingerprint density at radius 2 is 2.19 bits per heavy atom. The van der Waals surface area contributed by atoms with Gasteiger partial charge in [-0.1, -0.05) is 0 Å². The van der Waals surface area contributed by atoms with Crippen molar-refractivity contribution in [1.29, 1.82) is 0 Å². The van der Waals surface area contributed by atoms with Crippen molar-refractivity contribution in [2.75, 3.05) is 30.5 Å². The van der Waals surface area contributed by atoms with Gasteiger partial charge in [0.2, 0.25) is 0 Å². The van der Waals surface area contributed by atoms with Gasteiger partial charge in [-0.05, 0) is 32.8 Å². The maximum atomic E-state index is 5.40. The fourth-order valence-electron chi connectivity index (χ4n) is 3.46. The lowest BCUT2D eigenvalue weighted by atomic mass is 10.2. The van der Waals surface area contributed by atoms with E-state index in [-0.39, 0.29) is 0 Å². The molecular formula is C18H23N7OS. The summed E-state index contributed by atoms with van der Waals surface area (Å²) in [7, 11) is 1.74. The minimum atomic E-state index is 0.325. The minimum Gasteiger partial charge on any atom is -0.383 e. The number of ether oxygens (including phenoxy) is 1. The van der Waals surface area contributed by atoms with Gasteiger partial charge in [0.1, 0.15) is 11.6 Å². The number of hydrogen-bond acceptors (Lipinski definition) is 8. The van der Waals surface area contributed by atoms with Crippen LogP contribution >= 0.6 is 11.3 Å². The van der Waals surface area contributed by atoms with Gasteiger partial charge >= 0.3 is 0 Å². The second-order valence-electron chi connectivity index (χ2n) is 6.66. The third-order valence-electron chi connectivity index (χ3n) is 4.60. The van der Waals surface area contributed by atoms with Gasteiger partial charge in [-0.15, -0.1) is 11.3 Å². The van der Waals surface area contributed by atoms with Crippen molar-refractivity contribution in [3.05, 3.63) is 35.1 Å². The zero-order valence-corrected chi connectivity index (χ0v) is 16.5. The number of thiazole rings is 1. The molecule has 3 aromatic heterocycles. The summed E-state index contributed by atoms with van der Waals surface area (Å²) in [4.78, 5) is 16.1. The molecule has 1 fully saturated rings. The highest BCUT2D eigenvalue weighted by Gasteiger charge is 2.27. The van der Waals surface area contributed by atoms with Crippen LogP contribution in [0.5, 0.6) is 0 Å². The zero-order valence-electron chi connectivity index (χ0n) is 15.7. The van der Waals surface area contributed by atoms with E-state index >= 15 is 0 Å². The molecule has 142 valence electrons.